The summed E-state index contributed by atoms with van der Waals surface area (Å²) in [5.41, 5.74) is 2.36. The Morgan fingerprint density at radius 3 is 2.39 bits per heavy atom. The average molecular weight is 389 g/mol. The number of anilines is 1. The summed E-state index contributed by atoms with van der Waals surface area (Å²) in [4.78, 5) is 36.2. The Bertz CT molecular complexity index is 911. The van der Waals surface area contributed by atoms with Gasteiger partial charge in [-0.25, -0.2) is 8.78 Å². The average Bonchev–Trinajstić information content (AvgIpc) is 2.64. The van der Waals surface area contributed by atoms with Crippen molar-refractivity contribution < 1.29 is 27.9 Å². The van der Waals surface area contributed by atoms with Crippen LogP contribution >= 0.6 is 0 Å². The number of Topliss-reactive ketones (excluding diaryl/α,β-unsaturated/α-hetero) is 1. The molecule has 1 amide bonds. The van der Waals surface area contributed by atoms with Gasteiger partial charge in [0.1, 0.15) is 0 Å². The molecule has 0 spiro atoms. The van der Waals surface area contributed by atoms with Crippen LogP contribution in [0.25, 0.3) is 0 Å². The molecule has 0 heterocycles. The molecule has 0 radical (unpaired) electrons. The molecular weight excluding hydrogens is 368 g/mol. The fraction of sp³-hybridized carbons (Fsp3) is 0.286. The summed E-state index contributed by atoms with van der Waals surface area (Å²) in [6.07, 6.45) is -1.37. The molecule has 148 valence electrons. The van der Waals surface area contributed by atoms with Gasteiger partial charge in [0.2, 0.25) is 0 Å². The largest absolute Gasteiger partial charge is 0.453 e. The van der Waals surface area contributed by atoms with Crippen molar-refractivity contribution in [1.29, 1.82) is 0 Å². The molecule has 0 aliphatic heterocycles. The van der Waals surface area contributed by atoms with Crippen LogP contribution in [-0.4, -0.2) is 23.8 Å². The molecule has 28 heavy (non-hydrogen) atoms. The molecule has 1 N–H and O–H groups in total. The second-order valence-electron chi connectivity index (χ2n) is 6.49. The number of ether oxygens (including phenoxy) is 1. The van der Waals surface area contributed by atoms with E-state index in [1.54, 1.807) is 6.07 Å². The Balaban J connectivity index is 1.86. The zero-order valence-corrected chi connectivity index (χ0v) is 15.8. The van der Waals surface area contributed by atoms with Gasteiger partial charge in [0.15, 0.2) is 23.5 Å². The molecule has 7 heteroatoms. The molecular formula is C21H21F2NO4. The van der Waals surface area contributed by atoms with E-state index in [1.807, 2.05) is 26.0 Å². The van der Waals surface area contributed by atoms with Crippen molar-refractivity contribution in [2.24, 2.45) is 0 Å². The molecule has 0 unspecified atom stereocenters. The zero-order chi connectivity index (χ0) is 20.8. The van der Waals surface area contributed by atoms with Gasteiger partial charge in [-0.1, -0.05) is 17.7 Å². The number of aryl methyl sites for hydroxylation is 2. The summed E-state index contributed by atoms with van der Waals surface area (Å²) < 4.78 is 31.1. The van der Waals surface area contributed by atoms with Gasteiger partial charge < -0.3 is 10.1 Å². The summed E-state index contributed by atoms with van der Waals surface area (Å²) in [6, 6.07) is 8.39. The summed E-state index contributed by atoms with van der Waals surface area (Å²) in [5, 5.41) is 2.33. The van der Waals surface area contributed by atoms with E-state index in [4.69, 9.17) is 4.74 Å². The van der Waals surface area contributed by atoms with E-state index in [-0.39, 0.29) is 24.3 Å². The highest BCUT2D eigenvalue weighted by Gasteiger charge is 2.20. The number of amides is 1. The van der Waals surface area contributed by atoms with E-state index in [9.17, 15) is 23.2 Å². The number of benzene rings is 2. The third-order valence-electron chi connectivity index (χ3n) is 4.11. The molecule has 0 saturated carbocycles. The lowest BCUT2D eigenvalue weighted by Crippen LogP contribution is -2.30. The third kappa shape index (κ3) is 5.70. The first-order valence-corrected chi connectivity index (χ1v) is 8.73. The first-order chi connectivity index (χ1) is 13.2. The highest BCUT2D eigenvalue weighted by Crippen LogP contribution is 2.15. The number of rotatable bonds is 7. The van der Waals surface area contributed by atoms with Gasteiger partial charge in [0.05, 0.1) is 6.42 Å². The van der Waals surface area contributed by atoms with Gasteiger partial charge in [-0.3, -0.25) is 14.4 Å². The number of hydrogen-bond donors (Lipinski definition) is 1. The van der Waals surface area contributed by atoms with E-state index >= 15 is 0 Å². The van der Waals surface area contributed by atoms with Crippen molar-refractivity contribution in [3.63, 3.8) is 0 Å². The Hall–Kier alpha value is -3.09. The molecule has 1 atom stereocenters. The summed E-state index contributed by atoms with van der Waals surface area (Å²) in [5.74, 6) is -3.72. The van der Waals surface area contributed by atoms with Crippen LogP contribution in [0.5, 0.6) is 0 Å². The third-order valence-corrected chi connectivity index (χ3v) is 4.11. The lowest BCUT2D eigenvalue weighted by atomic mass is 9.99. The monoisotopic (exact) mass is 389 g/mol. The van der Waals surface area contributed by atoms with E-state index in [0.717, 1.165) is 23.3 Å². The van der Waals surface area contributed by atoms with Crippen LogP contribution in [0.2, 0.25) is 0 Å². The number of hydrogen-bond acceptors (Lipinski definition) is 4. The molecule has 0 fully saturated rings. The molecule has 0 aliphatic carbocycles. The number of halogens is 2. The van der Waals surface area contributed by atoms with Crippen LogP contribution in [0.4, 0.5) is 14.5 Å². The van der Waals surface area contributed by atoms with Gasteiger partial charge in [-0.15, -0.1) is 0 Å². The smallest absolute Gasteiger partial charge is 0.307 e. The van der Waals surface area contributed by atoms with Gasteiger partial charge in [0.25, 0.3) is 5.91 Å². The fourth-order valence-corrected chi connectivity index (χ4v) is 2.51. The number of ketones is 1. The first kappa shape index (κ1) is 21.2. The highest BCUT2D eigenvalue weighted by atomic mass is 19.2. The van der Waals surface area contributed by atoms with Crippen molar-refractivity contribution in [3.8, 4) is 0 Å². The topological polar surface area (TPSA) is 72.5 Å². The second kappa shape index (κ2) is 9.21. The number of carbonyl (C=O) groups is 3. The molecule has 2 rings (SSSR count). The molecule has 2 aromatic rings. The molecule has 0 aliphatic rings. The van der Waals surface area contributed by atoms with Crippen LogP contribution in [0, 0.1) is 25.5 Å². The second-order valence-corrected chi connectivity index (χ2v) is 6.49. The van der Waals surface area contributed by atoms with E-state index in [1.165, 1.54) is 13.0 Å². The minimum absolute atomic E-state index is 0.0388. The molecule has 5 nitrogen and oxygen atoms in total. The predicted molar refractivity (Wildman–Crippen MR) is 100 cm³/mol. The Kier molecular flexibility index (Phi) is 6.98. The van der Waals surface area contributed by atoms with Crippen LogP contribution in [0.3, 0.4) is 0 Å². The predicted octanol–water partition coefficient (Wildman–Crippen LogP) is 4.11. The van der Waals surface area contributed by atoms with Gasteiger partial charge in [-0.2, -0.15) is 0 Å². The molecule has 0 saturated heterocycles. The van der Waals surface area contributed by atoms with Crippen molar-refractivity contribution in [3.05, 3.63) is 64.7 Å². The van der Waals surface area contributed by atoms with Crippen molar-refractivity contribution >= 4 is 23.3 Å². The first-order valence-electron chi connectivity index (χ1n) is 8.73. The normalized spacial score (nSPS) is 11.6. The molecule has 0 bridgehead atoms. The number of esters is 1. The maximum atomic E-state index is 13.2. The molecule has 2 aromatic carbocycles. The van der Waals surface area contributed by atoms with Crippen molar-refractivity contribution in [2.45, 2.75) is 39.7 Å². The highest BCUT2D eigenvalue weighted by molar-refractivity contribution is 5.99. The fourth-order valence-electron chi connectivity index (χ4n) is 2.51. The number of carbonyl (C=O) groups excluding carboxylic acids is 3. The van der Waals surface area contributed by atoms with Crippen LogP contribution in [0.15, 0.2) is 36.4 Å². The standard InChI is InChI=1S/C21H21F2NO4/c1-12-4-5-13(2)16(10-12)19(25)8-9-20(26)28-14(3)21(27)24-15-6-7-17(22)18(23)11-15/h4-7,10-11,14H,8-9H2,1-3H3,(H,24,27)/t14-/m0/s1. The van der Waals surface area contributed by atoms with Crippen molar-refractivity contribution in [1.82, 2.24) is 0 Å². The quantitative estimate of drug-likeness (QED) is 0.571. The maximum Gasteiger partial charge on any atom is 0.307 e. The Labute approximate surface area is 161 Å². The molecule has 0 aromatic heterocycles. The van der Waals surface area contributed by atoms with Gasteiger partial charge in [0, 0.05) is 23.7 Å². The van der Waals surface area contributed by atoms with Crippen LogP contribution < -0.4 is 5.32 Å². The Morgan fingerprint density at radius 1 is 1.00 bits per heavy atom. The van der Waals surface area contributed by atoms with E-state index in [2.05, 4.69) is 5.32 Å². The Morgan fingerprint density at radius 2 is 1.71 bits per heavy atom. The van der Waals surface area contributed by atoms with Crippen LogP contribution in [0.1, 0.15) is 41.3 Å². The minimum atomic E-state index is -1.16. The van der Waals surface area contributed by atoms with Gasteiger partial charge in [-0.05, 0) is 44.5 Å². The minimum Gasteiger partial charge on any atom is -0.453 e. The SMILES string of the molecule is Cc1ccc(C)c(C(=O)CCC(=O)O[C@@H](C)C(=O)Nc2ccc(F)c(F)c2)c1. The zero-order valence-electron chi connectivity index (χ0n) is 15.8. The summed E-state index contributed by atoms with van der Waals surface area (Å²) in [7, 11) is 0. The lowest BCUT2D eigenvalue weighted by Gasteiger charge is -2.14. The summed E-state index contributed by atoms with van der Waals surface area (Å²) >= 11 is 0. The number of nitrogens with one attached hydrogen (secondary N) is 1. The van der Waals surface area contributed by atoms with E-state index < -0.39 is 29.6 Å². The van der Waals surface area contributed by atoms with Crippen molar-refractivity contribution in [2.75, 3.05) is 5.32 Å². The van der Waals surface area contributed by atoms with Gasteiger partial charge >= 0.3 is 5.97 Å². The lowest BCUT2D eigenvalue weighted by molar-refractivity contribution is -0.153. The van der Waals surface area contributed by atoms with E-state index in [0.29, 0.717) is 5.56 Å². The maximum absolute atomic E-state index is 13.2. The van der Waals surface area contributed by atoms with Crippen LogP contribution in [-0.2, 0) is 14.3 Å². The summed E-state index contributed by atoms with van der Waals surface area (Å²) in [6.45, 7) is 5.03.